The van der Waals surface area contributed by atoms with Crippen LogP contribution in [0.1, 0.15) is 25.0 Å². The van der Waals surface area contributed by atoms with Gasteiger partial charge in [0, 0.05) is 0 Å². The van der Waals surface area contributed by atoms with Gasteiger partial charge in [0.05, 0.1) is 0 Å². The molecule has 0 radical (unpaired) electrons. The lowest BCUT2D eigenvalue weighted by atomic mass is 10.0. The van der Waals surface area contributed by atoms with Crippen LogP contribution >= 0.6 is 0 Å². The molecule has 0 saturated heterocycles. The molecule has 2 N–H and O–H groups in total. The lowest BCUT2D eigenvalue weighted by molar-refractivity contribution is 0.0300. The van der Waals surface area contributed by atoms with Crippen LogP contribution in [0.4, 0.5) is 0 Å². The molecule has 2 atom stereocenters. The van der Waals surface area contributed by atoms with E-state index in [0.717, 1.165) is 0 Å². The molecule has 1 aromatic rings. The SMILES string of the molecule is CCC(OS(=O)(=O)O)C(O)c1ccccc1. The summed E-state index contributed by atoms with van der Waals surface area (Å²) in [5.41, 5.74) is 0.540. The minimum absolute atomic E-state index is 0.260. The summed E-state index contributed by atoms with van der Waals surface area (Å²) < 4.78 is 34.1. The van der Waals surface area contributed by atoms with Crippen LogP contribution in [0.2, 0.25) is 0 Å². The lowest BCUT2D eigenvalue weighted by Gasteiger charge is -2.20. The van der Waals surface area contributed by atoms with E-state index in [1.807, 2.05) is 0 Å². The van der Waals surface area contributed by atoms with Crippen LogP contribution in [0.15, 0.2) is 30.3 Å². The Labute approximate surface area is 94.6 Å². The first-order valence-electron chi connectivity index (χ1n) is 4.82. The largest absolute Gasteiger partial charge is 0.397 e. The maximum Gasteiger partial charge on any atom is 0.397 e. The Kier molecular flexibility index (Phi) is 4.43. The van der Waals surface area contributed by atoms with Crippen LogP contribution in [-0.4, -0.2) is 24.2 Å². The zero-order valence-corrected chi connectivity index (χ0v) is 9.59. The number of aliphatic hydroxyl groups is 1. The molecule has 0 aromatic heterocycles. The quantitative estimate of drug-likeness (QED) is 0.765. The first-order valence-corrected chi connectivity index (χ1v) is 6.19. The highest BCUT2D eigenvalue weighted by molar-refractivity contribution is 7.80. The molecular weight excluding hydrogens is 232 g/mol. The van der Waals surface area contributed by atoms with Crippen LogP contribution in [0.3, 0.4) is 0 Å². The molecule has 16 heavy (non-hydrogen) atoms. The Morgan fingerprint density at radius 2 is 1.88 bits per heavy atom. The maximum absolute atomic E-state index is 10.6. The Bertz CT molecular complexity index is 414. The van der Waals surface area contributed by atoms with Crippen molar-refractivity contribution in [3.05, 3.63) is 35.9 Å². The molecule has 0 bridgehead atoms. The Hall–Kier alpha value is -0.950. The summed E-state index contributed by atoms with van der Waals surface area (Å²) in [5.74, 6) is 0. The lowest BCUT2D eigenvalue weighted by Crippen LogP contribution is -2.24. The summed E-state index contributed by atoms with van der Waals surface area (Å²) in [6.07, 6.45) is -1.82. The van der Waals surface area contributed by atoms with Crippen molar-refractivity contribution in [1.82, 2.24) is 0 Å². The van der Waals surface area contributed by atoms with Crippen molar-refractivity contribution in [3.8, 4) is 0 Å². The van der Waals surface area contributed by atoms with Crippen LogP contribution in [-0.2, 0) is 14.6 Å². The molecule has 2 unspecified atom stereocenters. The van der Waals surface area contributed by atoms with Gasteiger partial charge in [0.15, 0.2) is 0 Å². The fourth-order valence-electron chi connectivity index (χ4n) is 1.36. The molecule has 0 amide bonds. The molecule has 90 valence electrons. The molecule has 0 fully saturated rings. The molecule has 0 aliphatic carbocycles. The molecule has 0 heterocycles. The fraction of sp³-hybridized carbons (Fsp3) is 0.400. The Balaban J connectivity index is 2.82. The highest BCUT2D eigenvalue weighted by atomic mass is 32.3. The second-order valence-corrected chi connectivity index (χ2v) is 4.37. The number of hydrogen-bond acceptors (Lipinski definition) is 4. The van der Waals surface area contributed by atoms with E-state index in [0.29, 0.717) is 5.56 Å². The standard InChI is InChI=1S/C10H14O5S/c1-2-9(15-16(12,13)14)10(11)8-6-4-3-5-7-8/h3-7,9-11H,2H2,1H3,(H,12,13,14). The van der Waals surface area contributed by atoms with E-state index in [1.54, 1.807) is 37.3 Å². The van der Waals surface area contributed by atoms with Crippen molar-refractivity contribution in [2.24, 2.45) is 0 Å². The summed E-state index contributed by atoms with van der Waals surface area (Å²) in [6.45, 7) is 1.65. The van der Waals surface area contributed by atoms with E-state index in [4.69, 9.17) is 4.55 Å². The molecular formula is C10H14O5S. The van der Waals surface area contributed by atoms with Gasteiger partial charge in [0.25, 0.3) is 0 Å². The molecule has 5 nitrogen and oxygen atoms in total. The molecule has 0 aliphatic heterocycles. The van der Waals surface area contributed by atoms with E-state index in [2.05, 4.69) is 4.18 Å². The van der Waals surface area contributed by atoms with Crippen LogP contribution in [0.5, 0.6) is 0 Å². The van der Waals surface area contributed by atoms with Gasteiger partial charge in [0.1, 0.15) is 12.2 Å². The van der Waals surface area contributed by atoms with Crippen molar-refractivity contribution in [3.63, 3.8) is 0 Å². The summed E-state index contributed by atoms with van der Waals surface area (Å²) in [4.78, 5) is 0. The van der Waals surface area contributed by atoms with E-state index in [9.17, 15) is 13.5 Å². The second-order valence-electron chi connectivity index (χ2n) is 3.33. The summed E-state index contributed by atoms with van der Waals surface area (Å²) in [6, 6.07) is 8.53. The number of benzene rings is 1. The van der Waals surface area contributed by atoms with Crippen molar-refractivity contribution < 1.29 is 22.3 Å². The summed E-state index contributed by atoms with van der Waals surface area (Å²) >= 11 is 0. The van der Waals surface area contributed by atoms with Crippen LogP contribution in [0.25, 0.3) is 0 Å². The van der Waals surface area contributed by atoms with Gasteiger partial charge in [-0.1, -0.05) is 37.3 Å². The minimum atomic E-state index is -4.55. The Morgan fingerprint density at radius 3 is 2.31 bits per heavy atom. The van der Waals surface area contributed by atoms with Gasteiger partial charge < -0.3 is 5.11 Å². The molecule has 0 spiro atoms. The van der Waals surface area contributed by atoms with E-state index < -0.39 is 22.6 Å². The van der Waals surface area contributed by atoms with E-state index in [-0.39, 0.29) is 6.42 Å². The first kappa shape index (κ1) is 13.1. The Morgan fingerprint density at radius 1 is 1.31 bits per heavy atom. The number of rotatable bonds is 5. The topological polar surface area (TPSA) is 83.8 Å². The smallest absolute Gasteiger partial charge is 0.386 e. The average Bonchev–Trinajstić information content (AvgIpc) is 2.25. The fourth-order valence-corrected chi connectivity index (χ4v) is 1.92. The third-order valence-electron chi connectivity index (χ3n) is 2.14. The first-order chi connectivity index (χ1) is 7.44. The monoisotopic (exact) mass is 246 g/mol. The third-order valence-corrected chi connectivity index (χ3v) is 2.63. The van der Waals surface area contributed by atoms with Crippen LogP contribution < -0.4 is 0 Å². The van der Waals surface area contributed by atoms with Gasteiger partial charge >= 0.3 is 10.4 Å². The average molecular weight is 246 g/mol. The molecule has 6 heteroatoms. The number of hydrogen-bond donors (Lipinski definition) is 2. The van der Waals surface area contributed by atoms with E-state index in [1.165, 1.54) is 0 Å². The highest BCUT2D eigenvalue weighted by Gasteiger charge is 2.24. The minimum Gasteiger partial charge on any atom is -0.386 e. The van der Waals surface area contributed by atoms with Gasteiger partial charge in [-0.05, 0) is 12.0 Å². The number of aliphatic hydroxyl groups excluding tert-OH is 1. The normalized spacial score (nSPS) is 15.7. The van der Waals surface area contributed by atoms with Crippen molar-refractivity contribution in [2.75, 3.05) is 0 Å². The maximum atomic E-state index is 10.6. The molecule has 1 aromatic carbocycles. The third kappa shape index (κ3) is 3.90. The predicted octanol–water partition coefficient (Wildman–Crippen LogP) is 1.32. The van der Waals surface area contributed by atoms with Crippen molar-refractivity contribution in [1.29, 1.82) is 0 Å². The predicted molar refractivity (Wildman–Crippen MR) is 58.1 cm³/mol. The van der Waals surface area contributed by atoms with Gasteiger partial charge in [-0.3, -0.25) is 4.55 Å². The zero-order chi connectivity index (χ0) is 12.2. The van der Waals surface area contributed by atoms with Gasteiger partial charge in [-0.25, -0.2) is 4.18 Å². The van der Waals surface area contributed by atoms with Gasteiger partial charge in [-0.15, -0.1) is 0 Å². The molecule has 0 saturated carbocycles. The summed E-state index contributed by atoms with van der Waals surface area (Å²) in [5, 5.41) is 9.84. The van der Waals surface area contributed by atoms with Gasteiger partial charge in [-0.2, -0.15) is 8.42 Å². The molecule has 0 aliphatic rings. The van der Waals surface area contributed by atoms with Crippen molar-refractivity contribution >= 4 is 10.4 Å². The highest BCUT2D eigenvalue weighted by Crippen LogP contribution is 2.22. The zero-order valence-electron chi connectivity index (χ0n) is 8.78. The second kappa shape index (κ2) is 5.40. The van der Waals surface area contributed by atoms with Crippen LogP contribution in [0, 0.1) is 0 Å². The van der Waals surface area contributed by atoms with Crippen molar-refractivity contribution in [2.45, 2.75) is 25.6 Å². The van der Waals surface area contributed by atoms with Gasteiger partial charge in [0.2, 0.25) is 0 Å². The van der Waals surface area contributed by atoms with E-state index >= 15 is 0 Å². The summed E-state index contributed by atoms with van der Waals surface area (Å²) in [7, 11) is -4.55. The molecule has 1 rings (SSSR count).